The first-order valence-electron chi connectivity index (χ1n) is 12.3. The van der Waals surface area contributed by atoms with Gasteiger partial charge in [0.2, 0.25) is 0 Å². The summed E-state index contributed by atoms with van der Waals surface area (Å²) in [5.41, 5.74) is 1.15. The molecule has 2 aromatic rings. The van der Waals surface area contributed by atoms with E-state index in [2.05, 4.69) is 23.3 Å². The van der Waals surface area contributed by atoms with E-state index in [9.17, 15) is 15.0 Å². The van der Waals surface area contributed by atoms with Crippen molar-refractivity contribution < 1.29 is 19.7 Å². The van der Waals surface area contributed by atoms with Crippen molar-refractivity contribution in [2.45, 2.75) is 54.9 Å². The van der Waals surface area contributed by atoms with Crippen LogP contribution in [0.4, 0.5) is 0 Å². The zero-order valence-electron chi connectivity index (χ0n) is 19.9. The molecule has 2 heterocycles. The number of benzene rings is 2. The SMILES string of the molecule is C=CCN1CC[C@]23c4c5ccc(O)c4O[C@H]2[C@H](N(C)C(=O)C#Cc2ccccc2)CC[C@@]3(O)[C@H]1C5. The fraction of sp³-hybridized carbons (Fsp3) is 0.414. The van der Waals surface area contributed by atoms with Gasteiger partial charge >= 0.3 is 0 Å². The van der Waals surface area contributed by atoms with Gasteiger partial charge in [0, 0.05) is 36.7 Å². The maximum Gasteiger partial charge on any atom is 0.298 e. The molecule has 0 aromatic heterocycles. The van der Waals surface area contributed by atoms with Gasteiger partial charge in [-0.1, -0.05) is 36.3 Å². The number of rotatable bonds is 3. The molecule has 1 saturated carbocycles. The molecule has 2 bridgehead atoms. The van der Waals surface area contributed by atoms with Gasteiger partial charge in [0.25, 0.3) is 5.91 Å². The van der Waals surface area contributed by atoms with Crippen molar-refractivity contribution in [2.24, 2.45) is 0 Å². The summed E-state index contributed by atoms with van der Waals surface area (Å²) in [5, 5.41) is 23.2. The van der Waals surface area contributed by atoms with Crippen molar-refractivity contribution >= 4 is 5.91 Å². The van der Waals surface area contributed by atoms with Crippen LogP contribution in [0.15, 0.2) is 55.1 Å². The standard InChI is InChI=1S/C29H30N2O4/c1-3-16-31-17-15-28-25-20-10-11-22(32)26(25)35-27(28)21(13-14-29(28,34)23(31)18-20)30(2)24(33)12-9-19-7-5-4-6-8-19/h3-8,10-11,21,23,27,32,34H,1,13-18H2,2H3/t21-,23-,27+,28+,29-/m1/s1. The second-order valence-electron chi connectivity index (χ2n) is 10.3. The van der Waals surface area contributed by atoms with E-state index < -0.39 is 17.1 Å². The molecule has 35 heavy (non-hydrogen) atoms. The number of amides is 1. The summed E-state index contributed by atoms with van der Waals surface area (Å²) in [6.45, 7) is 5.43. The van der Waals surface area contributed by atoms with E-state index >= 15 is 0 Å². The lowest BCUT2D eigenvalue weighted by atomic mass is 9.48. The number of aromatic hydroxyl groups is 1. The van der Waals surface area contributed by atoms with Gasteiger partial charge in [-0.2, -0.15) is 0 Å². The maximum absolute atomic E-state index is 13.2. The molecule has 2 N–H and O–H groups in total. The van der Waals surface area contributed by atoms with Crippen molar-refractivity contribution in [3.63, 3.8) is 0 Å². The number of aliphatic hydroxyl groups is 1. The number of likely N-dealkylation sites (N-methyl/N-ethyl adjacent to an activating group) is 1. The smallest absolute Gasteiger partial charge is 0.298 e. The van der Waals surface area contributed by atoms with Gasteiger partial charge in [-0.3, -0.25) is 9.69 Å². The number of likely N-dealkylation sites (tertiary alicyclic amines) is 1. The number of carbonyl (C=O) groups excluding carboxylic acids is 1. The van der Waals surface area contributed by atoms with E-state index in [-0.39, 0.29) is 23.7 Å². The Morgan fingerprint density at radius 3 is 2.86 bits per heavy atom. The lowest BCUT2D eigenvalue weighted by molar-refractivity contribution is -0.197. The lowest BCUT2D eigenvalue weighted by Crippen LogP contribution is -2.78. The van der Waals surface area contributed by atoms with Gasteiger partial charge in [-0.05, 0) is 56.0 Å². The second kappa shape index (κ2) is 7.87. The quantitative estimate of drug-likeness (QED) is 0.533. The van der Waals surface area contributed by atoms with Crippen LogP contribution in [-0.4, -0.2) is 69.8 Å². The lowest BCUT2D eigenvalue weighted by Gasteiger charge is -2.64. The summed E-state index contributed by atoms with van der Waals surface area (Å²) in [5.74, 6) is 6.04. The monoisotopic (exact) mass is 470 g/mol. The number of hydrogen-bond donors (Lipinski definition) is 2. The Bertz CT molecular complexity index is 1260. The van der Waals surface area contributed by atoms with Gasteiger partial charge in [-0.15, -0.1) is 6.58 Å². The molecule has 2 fully saturated rings. The number of piperidine rings is 1. The first kappa shape index (κ1) is 22.2. The molecule has 6 rings (SSSR count). The van der Waals surface area contributed by atoms with E-state index in [4.69, 9.17) is 4.74 Å². The minimum Gasteiger partial charge on any atom is -0.504 e. The molecule has 6 nitrogen and oxygen atoms in total. The number of ether oxygens (including phenoxy) is 1. The van der Waals surface area contributed by atoms with Crippen LogP contribution in [-0.2, 0) is 16.6 Å². The van der Waals surface area contributed by atoms with Crippen LogP contribution in [0.2, 0.25) is 0 Å². The molecule has 2 aromatic carbocycles. The van der Waals surface area contributed by atoms with E-state index in [0.717, 1.165) is 23.2 Å². The van der Waals surface area contributed by atoms with Crippen molar-refractivity contribution in [1.82, 2.24) is 9.80 Å². The first-order chi connectivity index (χ1) is 16.9. The number of hydrogen-bond acceptors (Lipinski definition) is 5. The van der Waals surface area contributed by atoms with Crippen LogP contribution in [0.3, 0.4) is 0 Å². The molecule has 2 aliphatic carbocycles. The van der Waals surface area contributed by atoms with Gasteiger partial charge in [0.05, 0.1) is 17.1 Å². The fourth-order valence-corrected chi connectivity index (χ4v) is 7.27. The molecule has 6 heteroatoms. The molecule has 1 saturated heterocycles. The van der Waals surface area contributed by atoms with E-state index in [1.807, 2.05) is 42.5 Å². The average molecular weight is 471 g/mol. The topological polar surface area (TPSA) is 73.2 Å². The van der Waals surface area contributed by atoms with E-state index in [1.54, 1.807) is 18.0 Å². The van der Waals surface area contributed by atoms with Crippen LogP contribution in [0.1, 0.15) is 36.0 Å². The minimum absolute atomic E-state index is 0.0665. The van der Waals surface area contributed by atoms with Gasteiger partial charge in [0.15, 0.2) is 11.5 Å². The van der Waals surface area contributed by atoms with Gasteiger partial charge < -0.3 is 19.8 Å². The summed E-state index contributed by atoms with van der Waals surface area (Å²) in [6, 6.07) is 12.8. The Kier molecular flexibility index (Phi) is 5.00. The largest absolute Gasteiger partial charge is 0.504 e. The Hall–Kier alpha value is -3.27. The summed E-state index contributed by atoms with van der Waals surface area (Å²) in [4.78, 5) is 17.2. The predicted octanol–water partition coefficient (Wildman–Crippen LogP) is 2.61. The summed E-state index contributed by atoms with van der Waals surface area (Å²) >= 11 is 0. The van der Waals surface area contributed by atoms with Crippen molar-refractivity contribution in [3.8, 4) is 23.3 Å². The fourth-order valence-electron chi connectivity index (χ4n) is 7.27. The third-order valence-electron chi connectivity index (χ3n) is 8.81. The molecule has 4 aliphatic rings. The number of phenolic OH excluding ortho intramolecular Hbond substituents is 1. The van der Waals surface area contributed by atoms with Crippen molar-refractivity contribution in [3.05, 3.63) is 71.8 Å². The highest BCUT2D eigenvalue weighted by Crippen LogP contribution is 2.65. The molecular formula is C29H30N2O4. The van der Waals surface area contributed by atoms with Crippen LogP contribution in [0.25, 0.3) is 0 Å². The highest BCUT2D eigenvalue weighted by Gasteiger charge is 2.73. The maximum atomic E-state index is 13.2. The molecule has 1 amide bonds. The van der Waals surface area contributed by atoms with Crippen LogP contribution in [0, 0.1) is 11.8 Å². The Balaban J connectivity index is 1.41. The third kappa shape index (κ3) is 2.95. The molecule has 0 unspecified atom stereocenters. The molecule has 1 spiro atoms. The van der Waals surface area contributed by atoms with E-state index in [1.165, 1.54) is 0 Å². The number of nitrogens with zero attached hydrogens (tertiary/aromatic N) is 2. The van der Waals surface area contributed by atoms with Gasteiger partial charge in [0.1, 0.15) is 6.10 Å². The number of carbonyl (C=O) groups is 1. The van der Waals surface area contributed by atoms with Crippen LogP contribution in [0.5, 0.6) is 11.5 Å². The third-order valence-corrected chi connectivity index (χ3v) is 8.81. The first-order valence-corrected chi connectivity index (χ1v) is 12.3. The minimum atomic E-state index is -1.01. The molecule has 0 radical (unpaired) electrons. The molecular weight excluding hydrogens is 440 g/mol. The predicted molar refractivity (Wildman–Crippen MR) is 132 cm³/mol. The summed E-state index contributed by atoms with van der Waals surface area (Å²) in [7, 11) is 1.77. The Morgan fingerprint density at radius 2 is 2.09 bits per heavy atom. The van der Waals surface area contributed by atoms with Crippen molar-refractivity contribution in [1.29, 1.82) is 0 Å². The average Bonchev–Trinajstić information content (AvgIpc) is 3.22. The highest BCUT2D eigenvalue weighted by atomic mass is 16.5. The summed E-state index contributed by atoms with van der Waals surface area (Å²) in [6.07, 6.45) is 3.98. The van der Waals surface area contributed by atoms with Crippen molar-refractivity contribution in [2.75, 3.05) is 20.1 Å². The zero-order valence-corrected chi connectivity index (χ0v) is 19.9. The van der Waals surface area contributed by atoms with Crippen LogP contribution >= 0.6 is 0 Å². The van der Waals surface area contributed by atoms with E-state index in [0.29, 0.717) is 38.0 Å². The molecule has 2 aliphatic heterocycles. The van der Waals surface area contributed by atoms with Crippen LogP contribution < -0.4 is 4.74 Å². The highest BCUT2D eigenvalue weighted by molar-refractivity contribution is 5.94. The molecule has 5 atom stereocenters. The second-order valence-corrected chi connectivity index (χ2v) is 10.3. The van der Waals surface area contributed by atoms with Gasteiger partial charge in [-0.25, -0.2) is 0 Å². The summed E-state index contributed by atoms with van der Waals surface area (Å²) < 4.78 is 6.53. The zero-order chi connectivity index (χ0) is 24.4. The molecule has 180 valence electrons. The normalized spacial score (nSPS) is 32.0. The Morgan fingerprint density at radius 1 is 1.29 bits per heavy atom. The Labute approximate surface area is 205 Å². The number of phenols is 1.